The highest BCUT2D eigenvalue weighted by Gasteiger charge is 2.24. The first-order valence-corrected chi connectivity index (χ1v) is 5.80. The van der Waals surface area contributed by atoms with Crippen LogP contribution in [-0.2, 0) is 6.54 Å². The first-order chi connectivity index (χ1) is 7.66. The molecule has 0 aromatic heterocycles. The Bertz CT molecular complexity index is 356. The lowest BCUT2D eigenvalue weighted by atomic mass is 9.96. The van der Waals surface area contributed by atoms with E-state index in [1.54, 1.807) is 6.07 Å². The minimum absolute atomic E-state index is 0.138. The third-order valence-corrected chi connectivity index (χ3v) is 3.30. The number of piperidine rings is 1. The van der Waals surface area contributed by atoms with Crippen LogP contribution in [0.1, 0.15) is 18.9 Å². The summed E-state index contributed by atoms with van der Waals surface area (Å²) in [5, 5.41) is 9.62. The number of aliphatic hydroxyl groups is 1. The van der Waals surface area contributed by atoms with Crippen LogP contribution < -0.4 is 0 Å². The molecule has 1 N–H and O–H groups in total. The van der Waals surface area contributed by atoms with Gasteiger partial charge in [-0.25, -0.2) is 4.39 Å². The Balaban J connectivity index is 1.98. The van der Waals surface area contributed by atoms with Gasteiger partial charge in [0.15, 0.2) is 0 Å². The van der Waals surface area contributed by atoms with E-state index in [-0.39, 0.29) is 17.8 Å². The Labute approximate surface area is 95.7 Å². The average molecular weight is 223 g/mol. The third-order valence-electron chi connectivity index (χ3n) is 3.30. The van der Waals surface area contributed by atoms with E-state index in [9.17, 15) is 9.50 Å². The molecule has 3 heteroatoms. The van der Waals surface area contributed by atoms with Crippen molar-refractivity contribution in [2.75, 3.05) is 13.1 Å². The van der Waals surface area contributed by atoms with Gasteiger partial charge in [0, 0.05) is 25.2 Å². The maximum Gasteiger partial charge on any atom is 0.127 e. The van der Waals surface area contributed by atoms with Gasteiger partial charge in [0.2, 0.25) is 0 Å². The zero-order chi connectivity index (χ0) is 11.5. The molecule has 1 saturated heterocycles. The summed E-state index contributed by atoms with van der Waals surface area (Å²) in [6.45, 7) is 4.37. The lowest BCUT2D eigenvalue weighted by Crippen LogP contribution is -2.41. The molecule has 1 fully saturated rings. The van der Waals surface area contributed by atoms with E-state index in [0.29, 0.717) is 6.54 Å². The van der Waals surface area contributed by atoms with E-state index >= 15 is 0 Å². The summed E-state index contributed by atoms with van der Waals surface area (Å²) in [5.41, 5.74) is 0.742. The van der Waals surface area contributed by atoms with Gasteiger partial charge in [0.1, 0.15) is 5.82 Å². The second-order valence-corrected chi connectivity index (χ2v) is 4.66. The summed E-state index contributed by atoms with van der Waals surface area (Å²) in [4.78, 5) is 2.20. The second kappa shape index (κ2) is 4.93. The van der Waals surface area contributed by atoms with Crippen LogP contribution in [0.2, 0.25) is 0 Å². The van der Waals surface area contributed by atoms with Gasteiger partial charge in [-0.2, -0.15) is 0 Å². The van der Waals surface area contributed by atoms with E-state index < -0.39 is 0 Å². The van der Waals surface area contributed by atoms with Gasteiger partial charge in [0.25, 0.3) is 0 Å². The fraction of sp³-hybridized carbons (Fsp3) is 0.538. The van der Waals surface area contributed by atoms with Crippen LogP contribution in [0, 0.1) is 11.7 Å². The number of benzene rings is 1. The molecule has 1 aliphatic rings. The minimum atomic E-state index is -0.197. The summed E-state index contributed by atoms with van der Waals surface area (Å²) in [6.07, 6.45) is 0.590. The summed E-state index contributed by atoms with van der Waals surface area (Å²) >= 11 is 0. The molecular formula is C13H18FNO. The van der Waals surface area contributed by atoms with Crippen LogP contribution in [0.25, 0.3) is 0 Å². The highest BCUT2D eigenvalue weighted by Crippen LogP contribution is 2.19. The molecule has 0 unspecified atom stereocenters. The Kier molecular flexibility index (Phi) is 3.56. The monoisotopic (exact) mass is 223 g/mol. The van der Waals surface area contributed by atoms with E-state index in [1.807, 2.05) is 19.1 Å². The molecule has 0 radical (unpaired) electrons. The third kappa shape index (κ3) is 2.60. The van der Waals surface area contributed by atoms with E-state index in [2.05, 4.69) is 4.90 Å². The summed E-state index contributed by atoms with van der Waals surface area (Å²) in [5.74, 6) is 0.141. The Morgan fingerprint density at radius 2 is 2.19 bits per heavy atom. The molecule has 2 atom stereocenters. The fourth-order valence-electron chi connectivity index (χ4n) is 2.23. The Morgan fingerprint density at radius 3 is 2.88 bits per heavy atom. The Morgan fingerprint density at radius 1 is 1.44 bits per heavy atom. The minimum Gasteiger partial charge on any atom is -0.393 e. The predicted molar refractivity (Wildman–Crippen MR) is 61.5 cm³/mol. The van der Waals surface area contributed by atoms with Crippen molar-refractivity contribution in [2.45, 2.75) is 26.0 Å². The number of hydrogen-bond acceptors (Lipinski definition) is 2. The van der Waals surface area contributed by atoms with Crippen LogP contribution in [0.5, 0.6) is 0 Å². The highest BCUT2D eigenvalue weighted by atomic mass is 19.1. The second-order valence-electron chi connectivity index (χ2n) is 4.66. The molecule has 1 aromatic rings. The van der Waals surface area contributed by atoms with Crippen molar-refractivity contribution in [1.82, 2.24) is 4.90 Å². The standard InChI is InChI=1S/C13H18FNO/c1-10-8-15(7-6-13(10)16)9-11-4-2-3-5-12(11)14/h2-5,10,13,16H,6-9H2,1H3/t10-,13+/m1/s1. The zero-order valence-electron chi connectivity index (χ0n) is 9.56. The normalized spacial score (nSPS) is 26.9. The van der Waals surface area contributed by atoms with Gasteiger partial charge in [-0.1, -0.05) is 25.1 Å². The summed E-state index contributed by atoms with van der Waals surface area (Å²) in [7, 11) is 0. The molecule has 0 spiro atoms. The van der Waals surface area contributed by atoms with Gasteiger partial charge in [0.05, 0.1) is 6.10 Å². The van der Waals surface area contributed by atoms with Crippen molar-refractivity contribution in [3.8, 4) is 0 Å². The maximum atomic E-state index is 13.4. The number of hydrogen-bond donors (Lipinski definition) is 1. The number of aliphatic hydroxyl groups excluding tert-OH is 1. The molecule has 0 amide bonds. The van der Waals surface area contributed by atoms with E-state index in [4.69, 9.17) is 0 Å². The summed E-state index contributed by atoms with van der Waals surface area (Å²) < 4.78 is 13.4. The van der Waals surface area contributed by atoms with Gasteiger partial charge >= 0.3 is 0 Å². The van der Waals surface area contributed by atoms with Crippen LogP contribution >= 0.6 is 0 Å². The van der Waals surface area contributed by atoms with Crippen molar-refractivity contribution in [3.05, 3.63) is 35.6 Å². The molecule has 0 saturated carbocycles. The lowest BCUT2D eigenvalue weighted by molar-refractivity contribution is 0.0316. The van der Waals surface area contributed by atoms with Crippen molar-refractivity contribution in [2.24, 2.45) is 5.92 Å². The van der Waals surface area contributed by atoms with Crippen molar-refractivity contribution in [3.63, 3.8) is 0 Å². The molecule has 0 aliphatic carbocycles. The summed E-state index contributed by atoms with van der Waals surface area (Å²) in [6, 6.07) is 6.89. The molecule has 0 bridgehead atoms. The lowest BCUT2D eigenvalue weighted by Gasteiger charge is -2.34. The number of rotatable bonds is 2. The van der Waals surface area contributed by atoms with E-state index in [1.165, 1.54) is 6.07 Å². The van der Waals surface area contributed by atoms with Crippen LogP contribution in [-0.4, -0.2) is 29.2 Å². The first-order valence-electron chi connectivity index (χ1n) is 5.80. The molecule has 1 aliphatic heterocycles. The average Bonchev–Trinajstić information content (AvgIpc) is 2.27. The fourth-order valence-corrected chi connectivity index (χ4v) is 2.23. The first kappa shape index (κ1) is 11.6. The highest BCUT2D eigenvalue weighted by molar-refractivity contribution is 5.17. The van der Waals surface area contributed by atoms with Gasteiger partial charge in [-0.05, 0) is 18.4 Å². The van der Waals surface area contributed by atoms with Crippen molar-refractivity contribution >= 4 is 0 Å². The molecular weight excluding hydrogens is 205 g/mol. The molecule has 16 heavy (non-hydrogen) atoms. The maximum absolute atomic E-state index is 13.4. The topological polar surface area (TPSA) is 23.5 Å². The largest absolute Gasteiger partial charge is 0.393 e. The molecule has 88 valence electrons. The van der Waals surface area contributed by atoms with Gasteiger partial charge in [-0.15, -0.1) is 0 Å². The van der Waals surface area contributed by atoms with Gasteiger partial charge < -0.3 is 5.11 Å². The number of likely N-dealkylation sites (tertiary alicyclic amines) is 1. The van der Waals surface area contributed by atoms with Crippen LogP contribution in [0.3, 0.4) is 0 Å². The number of nitrogens with zero attached hydrogens (tertiary/aromatic N) is 1. The molecule has 1 aromatic carbocycles. The van der Waals surface area contributed by atoms with Gasteiger partial charge in [-0.3, -0.25) is 4.90 Å². The molecule has 2 nitrogen and oxygen atoms in total. The van der Waals surface area contributed by atoms with Crippen LogP contribution in [0.4, 0.5) is 4.39 Å². The zero-order valence-corrected chi connectivity index (χ0v) is 9.56. The predicted octanol–water partition coefficient (Wildman–Crippen LogP) is 2.03. The van der Waals surface area contributed by atoms with Crippen molar-refractivity contribution < 1.29 is 9.50 Å². The molecule has 1 heterocycles. The number of halogens is 1. The SMILES string of the molecule is C[C@@H]1CN(Cc2ccccc2F)CC[C@@H]1O. The smallest absolute Gasteiger partial charge is 0.127 e. The van der Waals surface area contributed by atoms with Crippen LogP contribution in [0.15, 0.2) is 24.3 Å². The van der Waals surface area contributed by atoms with E-state index in [0.717, 1.165) is 25.1 Å². The van der Waals surface area contributed by atoms with Crippen molar-refractivity contribution in [1.29, 1.82) is 0 Å². The Hall–Kier alpha value is -0.930. The quantitative estimate of drug-likeness (QED) is 0.829. The molecule has 2 rings (SSSR count).